The molecule has 2 N–H and O–H groups in total. The zero-order valence-corrected chi connectivity index (χ0v) is 19.2. The van der Waals surface area contributed by atoms with E-state index in [0.717, 1.165) is 31.0 Å². The second kappa shape index (κ2) is 11.8. The topological polar surface area (TPSA) is 86.9 Å². The number of hydrogen-bond donors (Lipinski definition) is 2. The molecule has 0 aliphatic carbocycles. The van der Waals surface area contributed by atoms with Gasteiger partial charge < -0.3 is 15.1 Å². The van der Waals surface area contributed by atoms with Crippen LogP contribution in [0.1, 0.15) is 37.2 Å². The van der Waals surface area contributed by atoms with Crippen molar-refractivity contribution in [2.45, 2.75) is 45.9 Å². The van der Waals surface area contributed by atoms with E-state index in [0.29, 0.717) is 18.9 Å². The molecule has 1 aromatic heterocycles. The fourth-order valence-electron chi connectivity index (χ4n) is 3.06. The lowest BCUT2D eigenvalue weighted by molar-refractivity contribution is 0.287. The maximum absolute atomic E-state index is 11.4. The predicted molar refractivity (Wildman–Crippen MR) is 122 cm³/mol. The first-order valence-corrected chi connectivity index (χ1v) is 12.3. The van der Waals surface area contributed by atoms with Gasteiger partial charge in [-0.2, -0.15) is 0 Å². The molecule has 0 saturated heterocycles. The third kappa shape index (κ3) is 9.00. The van der Waals surface area contributed by atoms with Gasteiger partial charge in [0, 0.05) is 25.4 Å². The van der Waals surface area contributed by atoms with Crippen molar-refractivity contribution in [1.82, 2.24) is 15.5 Å². The lowest BCUT2D eigenvalue weighted by Gasteiger charge is -2.19. The van der Waals surface area contributed by atoms with E-state index in [4.69, 9.17) is 9.41 Å². The van der Waals surface area contributed by atoms with Gasteiger partial charge in [0.25, 0.3) is 0 Å². The van der Waals surface area contributed by atoms with Gasteiger partial charge in [0.1, 0.15) is 15.6 Å². The number of guanidine groups is 1. The molecule has 0 aliphatic heterocycles. The smallest absolute Gasteiger partial charge is 0.191 e. The van der Waals surface area contributed by atoms with Crippen LogP contribution in [0.4, 0.5) is 0 Å². The standard InChI is InChI=1S/C22H34N4O3S/c1-5-23-22(25-18(2)12-14-30(4,27)28)24-15-19-9-6-7-10-20(19)16-26(3)17-21-11-8-13-29-21/h6-11,13,18H,5,12,14-17H2,1-4H3,(H2,23,24,25). The van der Waals surface area contributed by atoms with E-state index < -0.39 is 9.84 Å². The van der Waals surface area contributed by atoms with Crippen LogP contribution in [0, 0.1) is 0 Å². The Kier molecular flexibility index (Phi) is 9.39. The first-order chi connectivity index (χ1) is 14.3. The third-order valence-electron chi connectivity index (χ3n) is 4.62. The predicted octanol–water partition coefficient (Wildman–Crippen LogP) is 2.79. The molecule has 0 fully saturated rings. The minimum absolute atomic E-state index is 0.00666. The van der Waals surface area contributed by atoms with Crippen molar-refractivity contribution in [2.75, 3.05) is 25.6 Å². The van der Waals surface area contributed by atoms with Crippen molar-refractivity contribution < 1.29 is 12.8 Å². The number of benzene rings is 1. The van der Waals surface area contributed by atoms with Gasteiger partial charge in [0.15, 0.2) is 5.96 Å². The van der Waals surface area contributed by atoms with Crippen molar-refractivity contribution >= 4 is 15.8 Å². The van der Waals surface area contributed by atoms with Crippen molar-refractivity contribution in [3.05, 3.63) is 59.5 Å². The molecule has 2 rings (SSSR count). The highest BCUT2D eigenvalue weighted by Gasteiger charge is 2.11. The molecule has 0 amide bonds. The van der Waals surface area contributed by atoms with Crippen molar-refractivity contribution in [2.24, 2.45) is 4.99 Å². The van der Waals surface area contributed by atoms with Gasteiger partial charge in [-0.25, -0.2) is 13.4 Å². The Labute approximate surface area is 180 Å². The largest absolute Gasteiger partial charge is 0.468 e. The van der Waals surface area contributed by atoms with E-state index in [9.17, 15) is 8.42 Å². The van der Waals surface area contributed by atoms with Crippen molar-refractivity contribution in [1.29, 1.82) is 0 Å². The molecule has 166 valence electrons. The van der Waals surface area contributed by atoms with Gasteiger partial charge in [-0.3, -0.25) is 4.90 Å². The van der Waals surface area contributed by atoms with E-state index >= 15 is 0 Å². The first-order valence-electron chi connectivity index (χ1n) is 10.3. The zero-order valence-electron chi connectivity index (χ0n) is 18.4. The van der Waals surface area contributed by atoms with Crippen LogP contribution in [-0.4, -0.2) is 50.9 Å². The summed E-state index contributed by atoms with van der Waals surface area (Å²) >= 11 is 0. The van der Waals surface area contributed by atoms with Crippen LogP contribution in [-0.2, 0) is 29.5 Å². The Morgan fingerprint density at radius 1 is 1.17 bits per heavy atom. The number of sulfone groups is 1. The highest BCUT2D eigenvalue weighted by atomic mass is 32.2. The Morgan fingerprint density at radius 3 is 2.53 bits per heavy atom. The molecule has 2 aromatic rings. The van der Waals surface area contributed by atoms with Crippen LogP contribution >= 0.6 is 0 Å². The van der Waals surface area contributed by atoms with Crippen molar-refractivity contribution in [3.63, 3.8) is 0 Å². The number of aliphatic imine (C=N–C) groups is 1. The van der Waals surface area contributed by atoms with Crippen molar-refractivity contribution in [3.8, 4) is 0 Å². The monoisotopic (exact) mass is 434 g/mol. The molecule has 30 heavy (non-hydrogen) atoms. The Hall–Kier alpha value is -2.32. The highest BCUT2D eigenvalue weighted by molar-refractivity contribution is 7.90. The van der Waals surface area contributed by atoms with E-state index in [1.165, 1.54) is 11.8 Å². The highest BCUT2D eigenvalue weighted by Crippen LogP contribution is 2.14. The number of furan rings is 1. The average molecular weight is 435 g/mol. The van der Waals surface area contributed by atoms with Crippen LogP contribution in [0.15, 0.2) is 52.1 Å². The van der Waals surface area contributed by atoms with Crippen LogP contribution in [0.3, 0.4) is 0 Å². The maximum atomic E-state index is 11.4. The molecule has 1 atom stereocenters. The minimum Gasteiger partial charge on any atom is -0.468 e. The summed E-state index contributed by atoms with van der Waals surface area (Å²) in [5.41, 5.74) is 2.38. The van der Waals surface area contributed by atoms with Crippen LogP contribution in [0.2, 0.25) is 0 Å². The lowest BCUT2D eigenvalue weighted by Crippen LogP contribution is -2.42. The number of nitrogens with one attached hydrogen (secondary N) is 2. The second-order valence-electron chi connectivity index (χ2n) is 7.68. The summed E-state index contributed by atoms with van der Waals surface area (Å²) in [6, 6.07) is 12.2. The summed E-state index contributed by atoms with van der Waals surface area (Å²) in [6.45, 7) is 6.79. The number of hydrogen-bond acceptors (Lipinski definition) is 5. The van der Waals surface area contributed by atoms with E-state index in [1.807, 2.05) is 38.1 Å². The summed E-state index contributed by atoms with van der Waals surface area (Å²) in [5.74, 6) is 1.79. The van der Waals surface area contributed by atoms with Gasteiger partial charge in [-0.1, -0.05) is 24.3 Å². The van der Waals surface area contributed by atoms with Gasteiger partial charge in [0.05, 0.1) is 25.1 Å². The summed E-state index contributed by atoms with van der Waals surface area (Å²) < 4.78 is 28.2. The van der Waals surface area contributed by atoms with E-state index in [1.54, 1.807) is 6.26 Å². The summed E-state index contributed by atoms with van der Waals surface area (Å²) in [7, 11) is -0.903. The van der Waals surface area contributed by atoms with Gasteiger partial charge in [-0.15, -0.1) is 0 Å². The van der Waals surface area contributed by atoms with Gasteiger partial charge in [-0.05, 0) is 50.6 Å². The average Bonchev–Trinajstić information content (AvgIpc) is 3.18. The normalized spacial score (nSPS) is 13.4. The molecule has 1 heterocycles. The summed E-state index contributed by atoms with van der Waals surface area (Å²) in [4.78, 5) is 6.93. The minimum atomic E-state index is -2.97. The quantitative estimate of drug-likeness (QED) is 0.418. The summed E-state index contributed by atoms with van der Waals surface area (Å²) in [6.07, 6.45) is 3.49. The molecule has 8 heteroatoms. The molecule has 0 bridgehead atoms. The number of nitrogens with zero attached hydrogens (tertiary/aromatic N) is 2. The molecular formula is C22H34N4O3S. The van der Waals surface area contributed by atoms with Crippen LogP contribution in [0.5, 0.6) is 0 Å². The fraction of sp³-hybridized carbons (Fsp3) is 0.500. The molecule has 0 radical (unpaired) electrons. The first kappa shape index (κ1) is 24.0. The van der Waals surface area contributed by atoms with E-state index in [-0.39, 0.29) is 11.8 Å². The Balaban J connectivity index is 2.00. The maximum Gasteiger partial charge on any atom is 0.191 e. The molecule has 0 saturated carbocycles. The molecule has 1 unspecified atom stereocenters. The molecule has 1 aromatic carbocycles. The molecule has 0 aliphatic rings. The molecule has 7 nitrogen and oxygen atoms in total. The molecular weight excluding hydrogens is 400 g/mol. The Bertz CT molecular complexity index is 895. The van der Waals surface area contributed by atoms with E-state index in [2.05, 4.69) is 34.7 Å². The fourth-order valence-corrected chi connectivity index (χ4v) is 3.84. The third-order valence-corrected chi connectivity index (χ3v) is 5.60. The SMILES string of the molecule is CCNC(=NCc1ccccc1CN(C)Cc1ccco1)NC(C)CCS(C)(=O)=O. The lowest BCUT2D eigenvalue weighted by atomic mass is 10.1. The van der Waals surface area contributed by atoms with Crippen LogP contribution < -0.4 is 10.6 Å². The van der Waals surface area contributed by atoms with Gasteiger partial charge >= 0.3 is 0 Å². The zero-order chi connectivity index (χ0) is 22.0. The van der Waals surface area contributed by atoms with Crippen LogP contribution in [0.25, 0.3) is 0 Å². The number of rotatable bonds is 11. The second-order valence-corrected chi connectivity index (χ2v) is 9.94. The molecule has 0 spiro atoms. The summed E-state index contributed by atoms with van der Waals surface area (Å²) in [5, 5.41) is 6.54. The van der Waals surface area contributed by atoms with Gasteiger partial charge in [0.2, 0.25) is 0 Å². The Morgan fingerprint density at radius 2 is 1.90 bits per heavy atom.